The van der Waals surface area contributed by atoms with E-state index in [9.17, 15) is 4.79 Å². The topological polar surface area (TPSA) is 70.8 Å². The van der Waals surface area contributed by atoms with Crippen LogP contribution in [0.5, 0.6) is 17.2 Å². The van der Waals surface area contributed by atoms with Gasteiger partial charge in [-0.3, -0.25) is 4.79 Å². The zero-order valence-corrected chi connectivity index (χ0v) is 18.8. The van der Waals surface area contributed by atoms with Gasteiger partial charge < -0.3 is 18.6 Å². The number of aromatic nitrogens is 1. The maximum absolute atomic E-state index is 13.6. The molecule has 6 heteroatoms. The molecule has 0 bridgehead atoms. The van der Waals surface area contributed by atoms with Crippen molar-refractivity contribution in [3.63, 3.8) is 0 Å². The zero-order valence-electron chi connectivity index (χ0n) is 18.8. The third-order valence-corrected chi connectivity index (χ3v) is 5.09. The van der Waals surface area contributed by atoms with Gasteiger partial charge in [0.2, 0.25) is 5.89 Å². The number of nitrogens with zero attached hydrogens (tertiary/aromatic N) is 1. The Balaban J connectivity index is 1.81. The summed E-state index contributed by atoms with van der Waals surface area (Å²) in [5, 5.41) is 0. The van der Waals surface area contributed by atoms with E-state index in [2.05, 4.69) is 4.98 Å². The summed E-state index contributed by atoms with van der Waals surface area (Å²) < 4.78 is 22.5. The largest absolute Gasteiger partial charge is 0.497 e. The number of benzene rings is 3. The second-order valence-corrected chi connectivity index (χ2v) is 7.35. The molecule has 4 aromatic rings. The summed E-state index contributed by atoms with van der Waals surface area (Å²) in [5.74, 6) is 1.96. The summed E-state index contributed by atoms with van der Waals surface area (Å²) in [7, 11) is 3.17. The SMILES string of the molecule is CCCOc1ccc(C(=O)/C(=C/c2cc(OC)ccc2OC)c2nc3ccccc3o2)cc1. The number of hydrogen-bond acceptors (Lipinski definition) is 6. The number of allylic oxidation sites excluding steroid dienone is 1. The standard InChI is InChI=1S/C27H25NO5/c1-4-15-32-20-11-9-18(10-12-20)26(29)22(27-28-23-7-5-6-8-25(23)33-27)17-19-16-21(30-2)13-14-24(19)31-3/h5-14,16-17H,4,15H2,1-3H3/b22-17-. The second kappa shape index (κ2) is 10.0. The summed E-state index contributed by atoms with van der Waals surface area (Å²) in [6.45, 7) is 2.67. The van der Waals surface area contributed by atoms with E-state index in [1.54, 1.807) is 62.8 Å². The van der Waals surface area contributed by atoms with Gasteiger partial charge in [-0.15, -0.1) is 0 Å². The van der Waals surface area contributed by atoms with Crippen LogP contribution in [0.25, 0.3) is 22.7 Å². The van der Waals surface area contributed by atoms with Crippen molar-refractivity contribution in [2.45, 2.75) is 13.3 Å². The third-order valence-electron chi connectivity index (χ3n) is 5.09. The van der Waals surface area contributed by atoms with Gasteiger partial charge in [-0.1, -0.05) is 19.1 Å². The first-order chi connectivity index (χ1) is 16.1. The second-order valence-electron chi connectivity index (χ2n) is 7.35. The van der Waals surface area contributed by atoms with Crippen molar-refractivity contribution in [1.29, 1.82) is 0 Å². The van der Waals surface area contributed by atoms with Gasteiger partial charge >= 0.3 is 0 Å². The predicted molar refractivity (Wildman–Crippen MR) is 128 cm³/mol. The van der Waals surface area contributed by atoms with Crippen molar-refractivity contribution in [1.82, 2.24) is 4.98 Å². The van der Waals surface area contributed by atoms with Crippen molar-refractivity contribution in [3.05, 3.63) is 83.7 Å². The first-order valence-corrected chi connectivity index (χ1v) is 10.7. The number of oxazole rings is 1. The highest BCUT2D eigenvalue weighted by molar-refractivity contribution is 6.31. The van der Waals surface area contributed by atoms with E-state index in [0.717, 1.165) is 12.2 Å². The average Bonchev–Trinajstić information content (AvgIpc) is 3.29. The highest BCUT2D eigenvalue weighted by Crippen LogP contribution is 2.31. The van der Waals surface area contributed by atoms with Crippen molar-refractivity contribution in [2.24, 2.45) is 0 Å². The van der Waals surface area contributed by atoms with E-state index < -0.39 is 0 Å². The molecule has 1 aromatic heterocycles. The Kier molecular flexibility index (Phi) is 6.74. The Morgan fingerprint density at radius 3 is 2.42 bits per heavy atom. The molecule has 6 nitrogen and oxygen atoms in total. The van der Waals surface area contributed by atoms with Crippen LogP contribution in [0.1, 0.15) is 35.2 Å². The Morgan fingerprint density at radius 1 is 0.970 bits per heavy atom. The summed E-state index contributed by atoms with van der Waals surface area (Å²) in [5.41, 5.74) is 2.75. The van der Waals surface area contributed by atoms with E-state index in [-0.39, 0.29) is 11.7 Å². The molecule has 0 saturated carbocycles. The molecular weight excluding hydrogens is 418 g/mol. The number of fused-ring (bicyclic) bond motifs is 1. The smallest absolute Gasteiger partial charge is 0.231 e. The molecule has 4 rings (SSSR count). The summed E-state index contributed by atoms with van der Waals surface area (Å²) in [4.78, 5) is 18.2. The highest BCUT2D eigenvalue weighted by atomic mass is 16.5. The normalized spacial score (nSPS) is 11.4. The molecule has 0 fully saturated rings. The van der Waals surface area contributed by atoms with Gasteiger partial charge in [0.05, 0.1) is 26.4 Å². The van der Waals surface area contributed by atoms with Gasteiger partial charge in [-0.25, -0.2) is 4.98 Å². The molecule has 0 unspecified atom stereocenters. The number of ketones is 1. The number of carbonyl (C=O) groups excluding carboxylic acids is 1. The minimum atomic E-state index is -0.228. The molecule has 168 valence electrons. The van der Waals surface area contributed by atoms with Crippen molar-refractivity contribution >= 4 is 28.5 Å². The molecular formula is C27H25NO5. The predicted octanol–water partition coefficient (Wildman–Crippen LogP) is 6.06. The molecule has 1 heterocycles. The zero-order chi connectivity index (χ0) is 23.2. The Morgan fingerprint density at radius 2 is 1.73 bits per heavy atom. The molecule has 0 aliphatic heterocycles. The van der Waals surface area contributed by atoms with E-state index >= 15 is 0 Å². The number of carbonyl (C=O) groups is 1. The van der Waals surface area contributed by atoms with Gasteiger partial charge in [0, 0.05) is 11.1 Å². The monoisotopic (exact) mass is 443 g/mol. The number of methoxy groups -OCH3 is 2. The molecule has 0 amide bonds. The van der Waals surface area contributed by atoms with Crippen LogP contribution < -0.4 is 14.2 Å². The Labute approximate surface area is 192 Å². The van der Waals surface area contributed by atoms with Crippen LogP contribution in [0.15, 0.2) is 71.1 Å². The van der Waals surface area contributed by atoms with Gasteiger partial charge in [0.25, 0.3) is 0 Å². The van der Waals surface area contributed by atoms with Crippen LogP contribution in [-0.4, -0.2) is 31.6 Å². The Hall–Kier alpha value is -4.06. The summed E-state index contributed by atoms with van der Waals surface area (Å²) in [6, 6.07) is 19.9. The van der Waals surface area contributed by atoms with Crippen LogP contribution in [0.3, 0.4) is 0 Å². The summed E-state index contributed by atoms with van der Waals surface area (Å²) >= 11 is 0. The molecule has 0 aliphatic rings. The van der Waals surface area contributed by atoms with Crippen LogP contribution in [0.4, 0.5) is 0 Å². The number of rotatable bonds is 9. The number of ether oxygens (including phenoxy) is 3. The molecule has 0 N–H and O–H groups in total. The summed E-state index contributed by atoms with van der Waals surface area (Å²) in [6.07, 6.45) is 2.63. The molecule has 3 aromatic carbocycles. The minimum absolute atomic E-state index is 0.228. The Bertz CT molecular complexity index is 1250. The van der Waals surface area contributed by atoms with Crippen LogP contribution in [0.2, 0.25) is 0 Å². The fraction of sp³-hybridized carbons (Fsp3) is 0.185. The number of Topliss-reactive ketones (excluding diaryl/α,β-unsaturated/α-hetero) is 1. The third kappa shape index (κ3) is 4.90. The molecule has 0 saturated heterocycles. The first-order valence-electron chi connectivity index (χ1n) is 10.7. The van der Waals surface area contributed by atoms with E-state index in [4.69, 9.17) is 18.6 Å². The molecule has 0 aliphatic carbocycles. The van der Waals surface area contributed by atoms with Gasteiger partial charge in [0.1, 0.15) is 22.8 Å². The number of hydrogen-bond donors (Lipinski definition) is 0. The van der Waals surface area contributed by atoms with Crippen molar-refractivity contribution in [2.75, 3.05) is 20.8 Å². The highest BCUT2D eigenvalue weighted by Gasteiger charge is 2.21. The van der Waals surface area contributed by atoms with Gasteiger partial charge in [0.15, 0.2) is 11.4 Å². The van der Waals surface area contributed by atoms with Gasteiger partial charge in [-0.05, 0) is 67.1 Å². The maximum atomic E-state index is 13.6. The fourth-order valence-corrected chi connectivity index (χ4v) is 3.40. The molecule has 0 spiro atoms. The van der Waals surface area contributed by atoms with Crippen LogP contribution in [0, 0.1) is 0 Å². The van der Waals surface area contributed by atoms with E-state index in [1.165, 1.54) is 0 Å². The average molecular weight is 443 g/mol. The number of para-hydroxylation sites is 2. The van der Waals surface area contributed by atoms with Crippen LogP contribution in [-0.2, 0) is 0 Å². The lowest BCUT2D eigenvalue weighted by atomic mass is 10.00. The molecule has 0 radical (unpaired) electrons. The fourth-order valence-electron chi connectivity index (χ4n) is 3.40. The van der Waals surface area contributed by atoms with E-state index in [0.29, 0.717) is 45.9 Å². The lowest BCUT2D eigenvalue weighted by Gasteiger charge is -2.10. The lowest BCUT2D eigenvalue weighted by molar-refractivity contribution is 0.105. The quantitative estimate of drug-likeness (QED) is 0.231. The van der Waals surface area contributed by atoms with Gasteiger partial charge in [-0.2, -0.15) is 0 Å². The molecule has 0 atom stereocenters. The van der Waals surface area contributed by atoms with E-state index in [1.807, 2.05) is 31.2 Å². The first kappa shape index (κ1) is 22.1. The van der Waals surface area contributed by atoms with Crippen molar-refractivity contribution in [3.8, 4) is 17.2 Å². The van der Waals surface area contributed by atoms with Crippen LogP contribution >= 0.6 is 0 Å². The van der Waals surface area contributed by atoms with Crippen molar-refractivity contribution < 1.29 is 23.4 Å². The lowest BCUT2D eigenvalue weighted by Crippen LogP contribution is -2.04. The maximum Gasteiger partial charge on any atom is 0.231 e. The minimum Gasteiger partial charge on any atom is -0.497 e. The molecule has 33 heavy (non-hydrogen) atoms.